The minimum absolute atomic E-state index is 0.0384. The minimum Gasteiger partial charge on any atom is -0.480 e. The normalized spacial score (nSPS) is 13.1. The maximum absolute atomic E-state index is 10.5. The number of rotatable bonds is 4. The van der Waals surface area contributed by atoms with Crippen LogP contribution in [0, 0.1) is 0 Å². The number of aliphatic carboxylic acids is 1. The average Bonchev–Trinajstić information content (AvgIpc) is 2.49. The van der Waals surface area contributed by atoms with Crippen molar-refractivity contribution in [1.82, 2.24) is 4.90 Å². The Morgan fingerprint density at radius 1 is 1.71 bits per heavy atom. The summed E-state index contributed by atoms with van der Waals surface area (Å²) in [6.07, 6.45) is 0. The Morgan fingerprint density at radius 2 is 2.36 bits per heavy atom. The molecule has 0 aromatic carbocycles. The van der Waals surface area contributed by atoms with Crippen LogP contribution in [-0.4, -0.2) is 29.6 Å². The molecule has 0 saturated carbocycles. The third-order valence-electron chi connectivity index (χ3n) is 2.05. The Morgan fingerprint density at radius 3 is 2.79 bits per heavy atom. The number of nitrogens with zero attached hydrogens (tertiary/aromatic N) is 1. The fourth-order valence-corrected chi connectivity index (χ4v) is 2.30. The molecule has 78 valence electrons. The third-order valence-corrected chi connectivity index (χ3v) is 3.45. The quantitative estimate of drug-likeness (QED) is 0.869. The zero-order chi connectivity index (χ0) is 10.7. The third kappa shape index (κ3) is 2.97. The van der Waals surface area contributed by atoms with Crippen LogP contribution in [0.5, 0.6) is 0 Å². The first-order valence-corrected chi connectivity index (χ1v) is 5.37. The van der Waals surface area contributed by atoms with Gasteiger partial charge in [-0.15, -0.1) is 11.3 Å². The van der Waals surface area contributed by atoms with Gasteiger partial charge in [0.2, 0.25) is 0 Å². The first-order valence-electron chi connectivity index (χ1n) is 4.18. The maximum atomic E-state index is 10.5. The zero-order valence-corrected chi connectivity index (χ0v) is 9.60. The first kappa shape index (κ1) is 11.5. The van der Waals surface area contributed by atoms with Gasteiger partial charge in [-0.05, 0) is 26.1 Å². The van der Waals surface area contributed by atoms with E-state index >= 15 is 0 Å². The predicted molar refractivity (Wildman–Crippen MR) is 58.0 cm³/mol. The van der Waals surface area contributed by atoms with Crippen LogP contribution >= 0.6 is 22.9 Å². The number of hydrogen-bond acceptors (Lipinski definition) is 3. The minimum atomic E-state index is -0.818. The van der Waals surface area contributed by atoms with Crippen LogP contribution in [0.3, 0.4) is 0 Å². The smallest absolute Gasteiger partial charge is 0.317 e. The van der Waals surface area contributed by atoms with E-state index in [1.165, 1.54) is 11.3 Å². The van der Waals surface area contributed by atoms with E-state index in [-0.39, 0.29) is 12.6 Å². The highest BCUT2D eigenvalue weighted by Crippen LogP contribution is 2.29. The van der Waals surface area contributed by atoms with E-state index < -0.39 is 5.97 Å². The molecular weight excluding hydrogens is 222 g/mol. The number of likely N-dealkylation sites (N-methyl/N-ethyl adjacent to an activating group) is 1. The Bertz CT molecular complexity index is 326. The lowest BCUT2D eigenvalue weighted by Gasteiger charge is -2.21. The lowest BCUT2D eigenvalue weighted by Crippen LogP contribution is -2.27. The molecule has 1 atom stereocenters. The second-order valence-corrected chi connectivity index (χ2v) is 4.87. The summed E-state index contributed by atoms with van der Waals surface area (Å²) in [5, 5.41) is 8.62. The molecule has 0 aliphatic carbocycles. The Hall–Kier alpha value is -0.580. The molecule has 3 nitrogen and oxygen atoms in total. The van der Waals surface area contributed by atoms with Crippen LogP contribution in [0.4, 0.5) is 0 Å². The van der Waals surface area contributed by atoms with Crippen LogP contribution in [0.25, 0.3) is 0 Å². The largest absolute Gasteiger partial charge is 0.480 e. The SMILES string of the molecule is CC(c1ccc(Cl)s1)N(C)CC(=O)O. The van der Waals surface area contributed by atoms with E-state index in [9.17, 15) is 4.79 Å². The van der Waals surface area contributed by atoms with Gasteiger partial charge in [0.1, 0.15) is 0 Å². The maximum Gasteiger partial charge on any atom is 0.317 e. The van der Waals surface area contributed by atoms with Gasteiger partial charge >= 0.3 is 5.97 Å². The van der Waals surface area contributed by atoms with Gasteiger partial charge in [0, 0.05) is 10.9 Å². The van der Waals surface area contributed by atoms with Crippen molar-refractivity contribution in [3.05, 3.63) is 21.3 Å². The molecule has 1 aromatic rings. The van der Waals surface area contributed by atoms with Crippen LogP contribution in [0.1, 0.15) is 17.8 Å². The van der Waals surface area contributed by atoms with Gasteiger partial charge in [-0.25, -0.2) is 0 Å². The number of thiophene rings is 1. The highest BCUT2D eigenvalue weighted by Gasteiger charge is 2.15. The van der Waals surface area contributed by atoms with Crippen molar-refractivity contribution in [2.75, 3.05) is 13.6 Å². The van der Waals surface area contributed by atoms with Crippen molar-refractivity contribution in [3.63, 3.8) is 0 Å². The summed E-state index contributed by atoms with van der Waals surface area (Å²) < 4.78 is 0.732. The van der Waals surface area contributed by atoms with Crippen molar-refractivity contribution in [1.29, 1.82) is 0 Å². The highest BCUT2D eigenvalue weighted by atomic mass is 35.5. The molecular formula is C9H12ClNO2S. The molecule has 0 spiro atoms. The average molecular weight is 234 g/mol. The topological polar surface area (TPSA) is 40.5 Å². The van der Waals surface area contributed by atoms with Crippen LogP contribution in [0.15, 0.2) is 12.1 Å². The van der Waals surface area contributed by atoms with Gasteiger partial charge in [-0.1, -0.05) is 11.6 Å². The second-order valence-electron chi connectivity index (χ2n) is 3.13. The van der Waals surface area contributed by atoms with E-state index in [1.54, 1.807) is 11.9 Å². The molecule has 1 aromatic heterocycles. The fraction of sp³-hybridized carbons (Fsp3) is 0.444. The Labute approximate surface area is 91.9 Å². The lowest BCUT2D eigenvalue weighted by molar-refractivity contribution is -0.138. The van der Waals surface area contributed by atoms with Crippen LogP contribution < -0.4 is 0 Å². The van der Waals surface area contributed by atoms with E-state index in [0.29, 0.717) is 0 Å². The molecule has 0 saturated heterocycles. The first-order chi connectivity index (χ1) is 6.50. The molecule has 0 bridgehead atoms. The summed E-state index contributed by atoms with van der Waals surface area (Å²) in [4.78, 5) is 13.3. The lowest BCUT2D eigenvalue weighted by atomic mass is 10.2. The van der Waals surface area contributed by atoms with Crippen LogP contribution in [-0.2, 0) is 4.79 Å². The molecule has 0 aliphatic rings. The molecule has 0 radical (unpaired) electrons. The number of hydrogen-bond donors (Lipinski definition) is 1. The van der Waals surface area contributed by atoms with E-state index in [2.05, 4.69) is 0 Å². The second kappa shape index (κ2) is 4.77. The van der Waals surface area contributed by atoms with Crippen molar-refractivity contribution in [3.8, 4) is 0 Å². The van der Waals surface area contributed by atoms with Gasteiger partial charge in [-0.3, -0.25) is 9.69 Å². The van der Waals surface area contributed by atoms with Crippen molar-refractivity contribution in [2.45, 2.75) is 13.0 Å². The Kier molecular flexibility index (Phi) is 3.92. The molecule has 1 heterocycles. The standard InChI is InChI=1S/C9H12ClNO2S/c1-6(11(2)5-9(12)13)7-3-4-8(10)14-7/h3-4,6H,5H2,1-2H3,(H,12,13). The predicted octanol–water partition coefficient (Wildman–Crippen LogP) is 2.48. The summed E-state index contributed by atoms with van der Waals surface area (Å²) in [7, 11) is 1.78. The van der Waals surface area contributed by atoms with E-state index in [0.717, 1.165) is 9.21 Å². The van der Waals surface area contributed by atoms with Crippen molar-refractivity contribution < 1.29 is 9.90 Å². The fourth-order valence-electron chi connectivity index (χ4n) is 1.12. The highest BCUT2D eigenvalue weighted by molar-refractivity contribution is 7.16. The number of carbonyl (C=O) groups is 1. The monoisotopic (exact) mass is 233 g/mol. The summed E-state index contributed by atoms with van der Waals surface area (Å²) in [6.45, 7) is 2.00. The summed E-state index contributed by atoms with van der Waals surface area (Å²) in [5.41, 5.74) is 0. The molecule has 5 heteroatoms. The molecule has 0 amide bonds. The zero-order valence-electron chi connectivity index (χ0n) is 8.03. The molecule has 1 N–H and O–H groups in total. The van der Waals surface area contributed by atoms with Crippen LogP contribution in [0.2, 0.25) is 4.34 Å². The summed E-state index contributed by atoms with van der Waals surface area (Å²) in [5.74, 6) is -0.818. The summed E-state index contributed by atoms with van der Waals surface area (Å²) >= 11 is 7.28. The molecule has 0 aliphatic heterocycles. The van der Waals surface area contributed by atoms with Crippen molar-refractivity contribution >= 4 is 28.9 Å². The molecule has 1 rings (SSSR count). The van der Waals surface area contributed by atoms with E-state index in [1.807, 2.05) is 19.1 Å². The van der Waals surface area contributed by atoms with Gasteiger partial charge in [0.15, 0.2) is 0 Å². The summed E-state index contributed by atoms with van der Waals surface area (Å²) in [6, 6.07) is 3.84. The van der Waals surface area contributed by atoms with Gasteiger partial charge in [-0.2, -0.15) is 0 Å². The van der Waals surface area contributed by atoms with Crippen molar-refractivity contribution in [2.24, 2.45) is 0 Å². The number of halogens is 1. The van der Waals surface area contributed by atoms with Gasteiger partial charge in [0.05, 0.1) is 10.9 Å². The number of carboxylic acids is 1. The van der Waals surface area contributed by atoms with E-state index in [4.69, 9.17) is 16.7 Å². The van der Waals surface area contributed by atoms with Gasteiger partial charge < -0.3 is 5.11 Å². The molecule has 0 fully saturated rings. The van der Waals surface area contributed by atoms with Gasteiger partial charge in [0.25, 0.3) is 0 Å². The molecule has 1 unspecified atom stereocenters. The molecule has 14 heavy (non-hydrogen) atoms. The number of carboxylic acid groups (broad SMARTS) is 1. The Balaban J connectivity index is 2.65.